The summed E-state index contributed by atoms with van der Waals surface area (Å²) in [7, 11) is 1.52. The number of aromatic nitrogens is 2. The molecule has 0 saturated heterocycles. The van der Waals surface area contributed by atoms with Crippen molar-refractivity contribution < 1.29 is 9.84 Å². The highest BCUT2D eigenvalue weighted by atomic mass is 35.5. The Kier molecular flexibility index (Phi) is 5.46. The third-order valence-electron chi connectivity index (χ3n) is 4.96. The number of nitrogens with zero attached hydrogens (tertiary/aromatic N) is 2. The molecule has 0 radical (unpaired) electrons. The molecular formula is C22H19Cl2N3O2. The quantitative estimate of drug-likeness (QED) is 0.587. The van der Waals surface area contributed by atoms with E-state index in [1.165, 1.54) is 7.11 Å². The number of hydrogen-bond acceptors (Lipinski definition) is 5. The van der Waals surface area contributed by atoms with E-state index < -0.39 is 6.10 Å². The zero-order chi connectivity index (χ0) is 20.5. The molecule has 5 nitrogen and oxygen atoms in total. The first-order valence-corrected chi connectivity index (χ1v) is 9.83. The fourth-order valence-corrected chi connectivity index (χ4v) is 4.07. The van der Waals surface area contributed by atoms with Crippen LogP contribution in [0.5, 0.6) is 5.88 Å². The number of aliphatic hydroxyl groups is 1. The average molecular weight is 428 g/mol. The topological polar surface area (TPSA) is 67.3 Å². The van der Waals surface area contributed by atoms with E-state index >= 15 is 0 Å². The van der Waals surface area contributed by atoms with E-state index in [2.05, 4.69) is 21.9 Å². The standard InChI is InChI=1S/C22H19Cl2N3O2/c1-3-17-21(26-19-14-7-5-4-6-12(14)10-18(19)28)27-22(29-2)20(25-17)15-9-8-13(23)11-16(15)24/h3-9,11,18-19,28H,1,10H2,2H3,(H,26,27)/t18-,19+/m0/s1. The fourth-order valence-electron chi connectivity index (χ4n) is 3.58. The molecule has 1 aliphatic carbocycles. The SMILES string of the molecule is C=Cc1nc(-c2ccc(Cl)cc2Cl)c(OC)nc1N[C@@H]1c2ccccc2C[C@@H]1O. The molecule has 1 heterocycles. The molecule has 0 amide bonds. The smallest absolute Gasteiger partial charge is 0.242 e. The van der Waals surface area contributed by atoms with Crippen LogP contribution in [-0.2, 0) is 6.42 Å². The van der Waals surface area contributed by atoms with Gasteiger partial charge in [0, 0.05) is 17.0 Å². The summed E-state index contributed by atoms with van der Waals surface area (Å²) in [5.41, 5.74) is 3.83. The molecule has 7 heteroatoms. The maximum atomic E-state index is 10.6. The second kappa shape index (κ2) is 8.03. The summed E-state index contributed by atoms with van der Waals surface area (Å²) in [6, 6.07) is 12.8. The number of benzene rings is 2. The molecule has 2 atom stereocenters. The molecule has 0 unspecified atom stereocenters. The van der Waals surface area contributed by atoms with Crippen LogP contribution in [0.15, 0.2) is 49.0 Å². The zero-order valence-corrected chi connectivity index (χ0v) is 17.2. The van der Waals surface area contributed by atoms with E-state index in [4.69, 9.17) is 27.9 Å². The minimum absolute atomic E-state index is 0.297. The van der Waals surface area contributed by atoms with E-state index in [0.29, 0.717) is 45.1 Å². The largest absolute Gasteiger partial charge is 0.479 e. The molecule has 0 fully saturated rings. The van der Waals surface area contributed by atoms with Crippen molar-refractivity contribution >= 4 is 35.1 Å². The van der Waals surface area contributed by atoms with Crippen molar-refractivity contribution in [1.82, 2.24) is 9.97 Å². The Balaban J connectivity index is 1.77. The van der Waals surface area contributed by atoms with Gasteiger partial charge in [-0.1, -0.05) is 54.0 Å². The zero-order valence-electron chi connectivity index (χ0n) is 15.7. The molecule has 0 bridgehead atoms. The molecule has 1 aromatic heterocycles. The Morgan fingerprint density at radius 1 is 1.21 bits per heavy atom. The van der Waals surface area contributed by atoms with Crippen molar-refractivity contribution in [2.45, 2.75) is 18.6 Å². The maximum Gasteiger partial charge on any atom is 0.242 e. The minimum atomic E-state index is -0.566. The predicted molar refractivity (Wildman–Crippen MR) is 117 cm³/mol. The van der Waals surface area contributed by atoms with Crippen LogP contribution in [0.2, 0.25) is 10.0 Å². The number of nitrogens with one attached hydrogen (secondary N) is 1. The van der Waals surface area contributed by atoms with Gasteiger partial charge in [-0.25, -0.2) is 4.98 Å². The van der Waals surface area contributed by atoms with Crippen LogP contribution in [0.4, 0.5) is 5.82 Å². The van der Waals surface area contributed by atoms with Gasteiger partial charge in [0.05, 0.1) is 24.3 Å². The number of aliphatic hydroxyl groups excluding tert-OH is 1. The van der Waals surface area contributed by atoms with Gasteiger partial charge in [0.15, 0.2) is 5.82 Å². The maximum absolute atomic E-state index is 10.6. The molecular weight excluding hydrogens is 409 g/mol. The number of fused-ring (bicyclic) bond motifs is 1. The number of hydrogen-bond donors (Lipinski definition) is 2. The van der Waals surface area contributed by atoms with Gasteiger partial charge in [-0.3, -0.25) is 0 Å². The summed E-state index contributed by atoms with van der Waals surface area (Å²) in [6.45, 7) is 3.86. The van der Waals surface area contributed by atoms with E-state index in [0.717, 1.165) is 11.1 Å². The average Bonchev–Trinajstić information content (AvgIpc) is 3.03. The number of anilines is 1. The summed E-state index contributed by atoms with van der Waals surface area (Å²) in [5, 5.41) is 14.8. The van der Waals surface area contributed by atoms with Crippen LogP contribution < -0.4 is 10.1 Å². The van der Waals surface area contributed by atoms with E-state index in [-0.39, 0.29) is 6.04 Å². The lowest BCUT2D eigenvalue weighted by Gasteiger charge is -2.21. The van der Waals surface area contributed by atoms with Crippen LogP contribution in [0.25, 0.3) is 17.3 Å². The third-order valence-corrected chi connectivity index (χ3v) is 5.51. The van der Waals surface area contributed by atoms with Crippen molar-refractivity contribution in [3.8, 4) is 17.1 Å². The Bertz CT molecular complexity index is 1090. The highest BCUT2D eigenvalue weighted by Gasteiger charge is 2.32. The Morgan fingerprint density at radius 2 is 2.00 bits per heavy atom. The van der Waals surface area contributed by atoms with E-state index in [9.17, 15) is 5.11 Å². The van der Waals surface area contributed by atoms with E-state index in [1.54, 1.807) is 24.3 Å². The molecule has 1 aliphatic rings. The van der Waals surface area contributed by atoms with E-state index in [1.807, 2.05) is 24.3 Å². The second-order valence-corrected chi connectivity index (χ2v) is 7.58. The number of rotatable bonds is 5. The monoisotopic (exact) mass is 427 g/mol. The van der Waals surface area contributed by atoms with Gasteiger partial charge in [-0.2, -0.15) is 4.98 Å². The van der Waals surface area contributed by atoms with Crippen LogP contribution in [0, 0.1) is 0 Å². The first kappa shape index (κ1) is 19.7. The molecule has 0 aliphatic heterocycles. The Morgan fingerprint density at radius 3 is 2.72 bits per heavy atom. The molecule has 0 saturated carbocycles. The van der Waals surface area contributed by atoms with Crippen molar-refractivity contribution in [2.75, 3.05) is 12.4 Å². The van der Waals surface area contributed by atoms with Crippen LogP contribution >= 0.6 is 23.2 Å². The lowest BCUT2D eigenvalue weighted by molar-refractivity contribution is 0.165. The van der Waals surface area contributed by atoms with Crippen molar-refractivity contribution in [2.24, 2.45) is 0 Å². The normalized spacial score (nSPS) is 17.7. The van der Waals surface area contributed by atoms with Gasteiger partial charge < -0.3 is 15.2 Å². The Hall–Kier alpha value is -2.60. The van der Waals surface area contributed by atoms with Crippen LogP contribution in [-0.4, -0.2) is 28.3 Å². The number of halogens is 2. The highest BCUT2D eigenvalue weighted by Crippen LogP contribution is 2.38. The molecule has 3 aromatic rings. The lowest BCUT2D eigenvalue weighted by atomic mass is 10.1. The third kappa shape index (κ3) is 3.69. The molecule has 4 rings (SSSR count). The van der Waals surface area contributed by atoms with Gasteiger partial charge in [0.1, 0.15) is 11.4 Å². The van der Waals surface area contributed by atoms with Crippen LogP contribution in [0.1, 0.15) is 22.9 Å². The molecule has 29 heavy (non-hydrogen) atoms. The minimum Gasteiger partial charge on any atom is -0.479 e. The summed E-state index contributed by atoms with van der Waals surface area (Å²) in [4.78, 5) is 9.27. The van der Waals surface area contributed by atoms with Gasteiger partial charge in [0.2, 0.25) is 5.88 Å². The van der Waals surface area contributed by atoms with Gasteiger partial charge in [0.25, 0.3) is 0 Å². The molecule has 148 valence electrons. The summed E-state index contributed by atoms with van der Waals surface area (Å²) < 4.78 is 5.48. The fraction of sp³-hybridized carbons (Fsp3) is 0.182. The summed E-state index contributed by atoms with van der Waals surface area (Å²) >= 11 is 12.4. The number of methoxy groups -OCH3 is 1. The van der Waals surface area contributed by atoms with Gasteiger partial charge >= 0.3 is 0 Å². The first-order valence-electron chi connectivity index (χ1n) is 9.08. The van der Waals surface area contributed by atoms with Gasteiger partial charge in [-0.15, -0.1) is 0 Å². The summed E-state index contributed by atoms with van der Waals surface area (Å²) in [5.74, 6) is 0.787. The summed E-state index contributed by atoms with van der Waals surface area (Å²) in [6.07, 6.45) is 1.62. The highest BCUT2D eigenvalue weighted by molar-refractivity contribution is 6.36. The molecule has 2 N–H and O–H groups in total. The lowest BCUT2D eigenvalue weighted by Crippen LogP contribution is -2.22. The van der Waals surface area contributed by atoms with Crippen molar-refractivity contribution in [1.29, 1.82) is 0 Å². The van der Waals surface area contributed by atoms with Gasteiger partial charge in [-0.05, 0) is 35.4 Å². The Labute approximate surface area is 179 Å². The molecule has 2 aromatic carbocycles. The number of ether oxygens (including phenoxy) is 1. The van der Waals surface area contributed by atoms with Crippen LogP contribution in [0.3, 0.4) is 0 Å². The predicted octanol–water partition coefficient (Wildman–Crippen LogP) is 5.17. The molecule has 0 spiro atoms. The first-order chi connectivity index (χ1) is 14.0. The second-order valence-electron chi connectivity index (χ2n) is 6.74. The van der Waals surface area contributed by atoms with Crippen molar-refractivity contribution in [3.05, 3.63) is 75.9 Å². The van der Waals surface area contributed by atoms with Crippen molar-refractivity contribution in [3.63, 3.8) is 0 Å².